The maximum atomic E-state index is 4.93. The molecule has 164 valence electrons. The van der Waals surface area contributed by atoms with Crippen LogP contribution in [0.25, 0.3) is 0 Å². The summed E-state index contributed by atoms with van der Waals surface area (Å²) >= 11 is -0.826. The number of halogens is 2. The van der Waals surface area contributed by atoms with E-state index >= 15 is 0 Å². The Hall–Kier alpha value is 0.163. The number of aryl methyl sites for hydroxylation is 2. The molecule has 0 aliphatic heterocycles. The molecule has 0 nitrogen and oxygen atoms in total. The van der Waals surface area contributed by atoms with Crippen LogP contribution in [0.4, 0.5) is 0 Å². The second-order valence-electron chi connectivity index (χ2n) is 11.2. The molecule has 0 amide bonds. The zero-order chi connectivity index (χ0) is 23.3. The van der Waals surface area contributed by atoms with Gasteiger partial charge in [-0.25, -0.2) is 12.1 Å². The van der Waals surface area contributed by atoms with Crippen LogP contribution < -0.4 is 0 Å². The van der Waals surface area contributed by atoms with Crippen LogP contribution in [0.5, 0.6) is 0 Å². The van der Waals surface area contributed by atoms with Crippen molar-refractivity contribution < 1.29 is 20.8 Å². The third-order valence-electron chi connectivity index (χ3n) is 7.01. The Morgan fingerprint density at radius 1 is 0.621 bits per heavy atom. The zero-order valence-corrected chi connectivity index (χ0v) is 24.7. The first-order chi connectivity index (χ1) is 12.9. The van der Waals surface area contributed by atoms with E-state index < -0.39 is 20.8 Å². The molecule has 0 N–H and O–H groups in total. The summed E-state index contributed by atoms with van der Waals surface area (Å²) in [6, 6.07) is 13.5. The van der Waals surface area contributed by atoms with E-state index in [-0.39, 0.29) is 10.8 Å². The topological polar surface area (TPSA) is 0 Å². The maximum absolute atomic E-state index is 4.93. The molecule has 2 aromatic rings. The summed E-state index contributed by atoms with van der Waals surface area (Å²) in [5, 5.41) is 0. The van der Waals surface area contributed by atoms with Gasteiger partial charge in [0.2, 0.25) is 0 Å². The molecule has 3 heteroatoms. The summed E-state index contributed by atoms with van der Waals surface area (Å²) in [5.74, 6) is 0. The van der Waals surface area contributed by atoms with E-state index in [4.69, 9.17) is 17.0 Å². The molecular weight excluding hydrogens is 474 g/mol. The Morgan fingerprint density at radius 2 is 0.862 bits per heavy atom. The molecule has 2 rings (SSSR count). The van der Waals surface area contributed by atoms with Gasteiger partial charge < -0.3 is 0 Å². The first-order valence-corrected chi connectivity index (χ1v) is 16.7. The van der Waals surface area contributed by atoms with Crippen LogP contribution >= 0.6 is 17.0 Å². The van der Waals surface area contributed by atoms with E-state index in [1.807, 2.05) is 0 Å². The summed E-state index contributed by atoms with van der Waals surface area (Å²) in [6.45, 7) is 27.4. The average molecular weight is 517 g/mol. The monoisotopic (exact) mass is 514 g/mol. The summed E-state index contributed by atoms with van der Waals surface area (Å²) in [4.78, 5) is 0. The van der Waals surface area contributed by atoms with Crippen molar-refractivity contribution in [3.05, 3.63) is 58.7 Å². The SMILES string of the molecule is C[c-]1ccc(C(C)(C)C(C)(C)C)c1.C[c-]1ccc(C(C)(C)C(C)(C)C)c1.[Cl][Zr+2][Cl]. The molecule has 0 atom stereocenters. The molecule has 0 heterocycles. The fourth-order valence-corrected chi connectivity index (χ4v) is 2.77. The molecule has 0 bridgehead atoms. The van der Waals surface area contributed by atoms with Gasteiger partial charge in [0.05, 0.1) is 0 Å². The van der Waals surface area contributed by atoms with E-state index in [1.165, 1.54) is 22.3 Å². The molecule has 0 radical (unpaired) electrons. The summed E-state index contributed by atoms with van der Waals surface area (Å²) in [6.07, 6.45) is 0. The molecule has 0 saturated carbocycles. The second kappa shape index (κ2) is 11.2. The van der Waals surface area contributed by atoms with Crippen LogP contribution in [0, 0.1) is 24.7 Å². The second-order valence-corrected chi connectivity index (χ2v) is 14.9. The van der Waals surface area contributed by atoms with Crippen LogP contribution in [0.1, 0.15) is 91.5 Å². The summed E-state index contributed by atoms with van der Waals surface area (Å²) < 4.78 is 0. The Kier molecular flexibility index (Phi) is 11.2. The van der Waals surface area contributed by atoms with E-state index in [0.717, 1.165) is 0 Å². The van der Waals surface area contributed by atoms with Gasteiger partial charge in [-0.3, -0.25) is 0 Å². The Balaban J connectivity index is 0.000000477. The number of hydrogen-bond acceptors (Lipinski definition) is 0. The molecule has 0 saturated heterocycles. The number of hydrogen-bond donors (Lipinski definition) is 0. The minimum atomic E-state index is -0.826. The van der Waals surface area contributed by atoms with Crippen LogP contribution in [0.2, 0.25) is 0 Å². The standard InChI is InChI=1S/2C13H21.2ClH.Zr/c2*1-10-7-8-11(9-10)13(5,6)12(2,3)4;;;/h2*7-9H,1-6H3;2*1H;/q2*-1;;;+4/p-2. The summed E-state index contributed by atoms with van der Waals surface area (Å²) in [5.41, 5.74) is 6.78. The van der Waals surface area contributed by atoms with E-state index in [2.05, 4.69) is 119 Å². The zero-order valence-electron chi connectivity index (χ0n) is 20.7. The molecule has 0 aliphatic carbocycles. The molecule has 0 aromatic heterocycles. The first kappa shape index (κ1) is 29.2. The van der Waals surface area contributed by atoms with Crippen molar-refractivity contribution in [2.24, 2.45) is 10.8 Å². The predicted molar refractivity (Wildman–Crippen MR) is 130 cm³/mol. The first-order valence-electron chi connectivity index (χ1n) is 10.4. The van der Waals surface area contributed by atoms with Crippen molar-refractivity contribution in [3.8, 4) is 0 Å². The van der Waals surface area contributed by atoms with Gasteiger partial charge in [-0.05, 0) is 10.8 Å². The van der Waals surface area contributed by atoms with E-state index in [9.17, 15) is 0 Å². The van der Waals surface area contributed by atoms with Gasteiger partial charge in [0, 0.05) is 0 Å². The number of rotatable bonds is 2. The predicted octanol–water partition coefficient (Wildman–Crippen LogP) is 9.45. The van der Waals surface area contributed by atoms with Crippen molar-refractivity contribution in [1.82, 2.24) is 0 Å². The fourth-order valence-electron chi connectivity index (χ4n) is 2.77. The van der Waals surface area contributed by atoms with Gasteiger partial charge in [0.15, 0.2) is 0 Å². The van der Waals surface area contributed by atoms with Crippen LogP contribution in [0.15, 0.2) is 36.4 Å². The molecule has 0 aliphatic rings. The van der Waals surface area contributed by atoms with Crippen LogP contribution in [-0.2, 0) is 31.7 Å². The Labute approximate surface area is 200 Å². The normalized spacial score (nSPS) is 12.3. The van der Waals surface area contributed by atoms with Crippen molar-refractivity contribution in [2.45, 2.75) is 93.9 Å². The third kappa shape index (κ3) is 8.31. The Bertz CT molecular complexity index is 656. The van der Waals surface area contributed by atoms with Gasteiger partial charge in [-0.1, -0.05) is 93.9 Å². The molecule has 0 unspecified atom stereocenters. The van der Waals surface area contributed by atoms with Gasteiger partial charge in [-0.15, -0.1) is 0 Å². The van der Waals surface area contributed by atoms with Gasteiger partial charge in [-0.2, -0.15) is 46.5 Å². The molecule has 29 heavy (non-hydrogen) atoms. The third-order valence-corrected chi connectivity index (χ3v) is 7.01. The molecule has 2 aromatic carbocycles. The van der Waals surface area contributed by atoms with Gasteiger partial charge in [0.1, 0.15) is 0 Å². The van der Waals surface area contributed by atoms with E-state index in [1.54, 1.807) is 0 Å². The van der Waals surface area contributed by atoms with Crippen LogP contribution in [-0.4, -0.2) is 0 Å². The quantitative estimate of drug-likeness (QED) is 0.349. The molecular formula is C26H42Cl2Zr. The minimum absolute atomic E-state index is 0.251. The van der Waals surface area contributed by atoms with Crippen LogP contribution in [0.3, 0.4) is 0 Å². The molecule has 0 spiro atoms. The summed E-state index contributed by atoms with van der Waals surface area (Å²) in [7, 11) is 9.87. The molecule has 0 fully saturated rings. The van der Waals surface area contributed by atoms with Gasteiger partial charge >= 0.3 is 37.9 Å². The van der Waals surface area contributed by atoms with Crippen molar-refractivity contribution >= 4 is 17.0 Å². The van der Waals surface area contributed by atoms with E-state index in [0.29, 0.717) is 10.8 Å². The fraction of sp³-hybridized carbons (Fsp3) is 0.615. The van der Waals surface area contributed by atoms with Crippen molar-refractivity contribution in [3.63, 3.8) is 0 Å². The Morgan fingerprint density at radius 3 is 1.00 bits per heavy atom. The van der Waals surface area contributed by atoms with Crippen molar-refractivity contribution in [2.75, 3.05) is 0 Å². The van der Waals surface area contributed by atoms with Crippen molar-refractivity contribution in [1.29, 1.82) is 0 Å². The average Bonchev–Trinajstić information content (AvgIpc) is 3.15. The van der Waals surface area contributed by atoms with Gasteiger partial charge in [0.25, 0.3) is 0 Å².